The van der Waals surface area contributed by atoms with E-state index in [0.29, 0.717) is 0 Å². The van der Waals surface area contributed by atoms with Gasteiger partial charge in [0.05, 0.1) is 34.1 Å². The maximum Gasteiger partial charge on any atom is 0.143 e. The van der Waals surface area contributed by atoms with Crippen molar-refractivity contribution in [2.24, 2.45) is 0 Å². The number of fused-ring (bicyclic) bond motifs is 7. The van der Waals surface area contributed by atoms with Gasteiger partial charge in [0.1, 0.15) is 11.2 Å². The number of furan rings is 1. The van der Waals surface area contributed by atoms with E-state index in [0.717, 1.165) is 72.9 Å². The van der Waals surface area contributed by atoms with Gasteiger partial charge in [0.2, 0.25) is 0 Å². The van der Waals surface area contributed by atoms with Crippen LogP contribution in [0.3, 0.4) is 0 Å². The molecular formula is C79H85N3O. The summed E-state index contributed by atoms with van der Waals surface area (Å²) in [5.74, 6) is -0.103. The summed E-state index contributed by atoms with van der Waals surface area (Å²) >= 11 is 0. The molecule has 0 saturated carbocycles. The molecule has 4 heteroatoms. The second kappa shape index (κ2) is 19.4. The molecule has 1 aromatic heterocycles. The second-order valence-corrected chi connectivity index (χ2v) is 30.0. The molecule has 83 heavy (non-hydrogen) atoms. The Balaban J connectivity index is 1.24. The standard InChI is InChI=1S/C79H85N3O/c1-74(2,3)49-35-39-54(40-36-49)81-66-41-37-52(77(10,11)12)45-62(66)70-63-46-53(78(13,14)15)38-42-67(63)82(65-34-20-19-29-58(65)59-30-23-31-60-61-32-24-33-64(79(16,17)18)73(61)83-72(59)60)69-48-57(47-68(81)71(69)70)80(55-27-21-25-50(43-55)75(4,5)6)56-28-22-26-51(44-56)76(7,8)9/h19-48,70H,1-18H3. The maximum atomic E-state index is 7.25. The highest BCUT2D eigenvalue weighted by Gasteiger charge is 2.44. The summed E-state index contributed by atoms with van der Waals surface area (Å²) in [4.78, 5) is 7.74. The molecule has 0 bridgehead atoms. The summed E-state index contributed by atoms with van der Waals surface area (Å²) in [6.45, 7) is 41.8. The Morgan fingerprint density at radius 1 is 0.325 bits per heavy atom. The Bertz CT molecular complexity index is 4110. The van der Waals surface area contributed by atoms with Crippen LogP contribution in [0.2, 0.25) is 0 Å². The monoisotopic (exact) mass is 1090 g/mol. The SMILES string of the molecule is CC(C)(C)c1ccc(N2c3ccc(C(C)(C)C)cc3C3c4cc(C(C)(C)C)ccc4N(c4ccccc4-c4cccc5c4oc4c(C(C)(C)C)cccc45)c4cc(N(c5cccc(C(C)(C)C)c5)c5cccc(C(C)(C)C)c5)cc2c43)cc1. The zero-order valence-electron chi connectivity index (χ0n) is 52.6. The van der Waals surface area contributed by atoms with Crippen LogP contribution in [-0.2, 0) is 32.5 Å². The van der Waals surface area contributed by atoms with Crippen LogP contribution >= 0.6 is 0 Å². The van der Waals surface area contributed by atoms with E-state index in [1.54, 1.807) is 0 Å². The molecule has 12 rings (SSSR count). The predicted octanol–water partition coefficient (Wildman–Crippen LogP) is 23.3. The number of hydrogen-bond donors (Lipinski definition) is 0. The van der Waals surface area contributed by atoms with Crippen LogP contribution < -0.4 is 14.7 Å². The fourth-order valence-electron chi connectivity index (χ4n) is 12.9. The van der Waals surface area contributed by atoms with Crippen molar-refractivity contribution in [1.82, 2.24) is 0 Å². The Labute approximate surface area is 495 Å². The average molecular weight is 1090 g/mol. The summed E-state index contributed by atoms with van der Waals surface area (Å²) in [7, 11) is 0. The molecule has 422 valence electrons. The summed E-state index contributed by atoms with van der Waals surface area (Å²) < 4.78 is 7.25. The zero-order chi connectivity index (χ0) is 59.1. The minimum atomic E-state index is -0.111. The molecule has 0 spiro atoms. The molecule has 0 fully saturated rings. The van der Waals surface area contributed by atoms with Crippen LogP contribution in [0.1, 0.15) is 181 Å². The van der Waals surface area contributed by atoms with Gasteiger partial charge in [-0.2, -0.15) is 0 Å². The molecule has 1 unspecified atom stereocenters. The minimum absolute atomic E-state index is 0.0161. The van der Waals surface area contributed by atoms with Gasteiger partial charge in [-0.15, -0.1) is 0 Å². The first kappa shape index (κ1) is 55.7. The van der Waals surface area contributed by atoms with Gasteiger partial charge in [-0.25, -0.2) is 0 Å². The summed E-state index contributed by atoms with van der Waals surface area (Å²) in [5.41, 5.74) is 25.3. The Morgan fingerprint density at radius 3 is 1.30 bits per heavy atom. The molecule has 1 atom stereocenters. The molecule has 0 radical (unpaired) electrons. The van der Waals surface area contributed by atoms with E-state index in [1.807, 2.05) is 0 Å². The third-order valence-corrected chi connectivity index (χ3v) is 17.7. The van der Waals surface area contributed by atoms with Crippen molar-refractivity contribution in [1.29, 1.82) is 0 Å². The van der Waals surface area contributed by atoms with E-state index in [1.165, 1.54) is 61.4 Å². The van der Waals surface area contributed by atoms with Crippen molar-refractivity contribution in [2.45, 2.75) is 163 Å². The van der Waals surface area contributed by atoms with E-state index >= 15 is 0 Å². The van der Waals surface area contributed by atoms with Crippen LogP contribution in [0.4, 0.5) is 51.2 Å². The fraction of sp³-hybridized carbons (Fsp3) is 0.316. The van der Waals surface area contributed by atoms with Gasteiger partial charge in [0.15, 0.2) is 0 Å². The van der Waals surface area contributed by atoms with Crippen molar-refractivity contribution in [3.63, 3.8) is 0 Å². The molecule has 3 heterocycles. The van der Waals surface area contributed by atoms with E-state index in [4.69, 9.17) is 4.42 Å². The molecule has 0 N–H and O–H groups in total. The second-order valence-electron chi connectivity index (χ2n) is 30.0. The normalized spacial score (nSPS) is 14.7. The quantitative estimate of drug-likeness (QED) is 0.166. The van der Waals surface area contributed by atoms with Crippen molar-refractivity contribution in [3.05, 3.63) is 232 Å². The Hall–Kier alpha value is -7.82. The third-order valence-electron chi connectivity index (χ3n) is 17.7. The van der Waals surface area contributed by atoms with Crippen LogP contribution in [0.5, 0.6) is 0 Å². The fourth-order valence-corrected chi connectivity index (χ4v) is 12.9. The maximum absolute atomic E-state index is 7.25. The van der Waals surface area contributed by atoms with E-state index in [-0.39, 0.29) is 38.4 Å². The van der Waals surface area contributed by atoms with Crippen molar-refractivity contribution < 1.29 is 4.42 Å². The molecule has 2 aliphatic heterocycles. The van der Waals surface area contributed by atoms with Gasteiger partial charge in [-0.1, -0.05) is 240 Å². The lowest BCUT2D eigenvalue weighted by Gasteiger charge is -2.47. The number of para-hydroxylation sites is 3. The zero-order valence-corrected chi connectivity index (χ0v) is 52.6. The molecule has 0 saturated heterocycles. The lowest BCUT2D eigenvalue weighted by atomic mass is 9.72. The Morgan fingerprint density at radius 2 is 0.771 bits per heavy atom. The van der Waals surface area contributed by atoms with Crippen LogP contribution in [-0.4, -0.2) is 0 Å². The van der Waals surface area contributed by atoms with E-state index in [2.05, 4.69) is 321 Å². The summed E-state index contributed by atoms with van der Waals surface area (Å²) in [6, 6.07) is 70.1. The number of nitrogens with zero attached hydrogens (tertiary/aromatic N) is 3. The topological polar surface area (TPSA) is 22.9 Å². The van der Waals surface area contributed by atoms with Crippen LogP contribution in [0, 0.1) is 0 Å². The lowest BCUT2D eigenvalue weighted by molar-refractivity contribution is 0.573. The molecule has 4 nitrogen and oxygen atoms in total. The molecule has 0 aliphatic carbocycles. The van der Waals surface area contributed by atoms with Gasteiger partial charge < -0.3 is 19.1 Å². The van der Waals surface area contributed by atoms with Crippen LogP contribution in [0.25, 0.3) is 33.1 Å². The first-order chi connectivity index (χ1) is 39.0. The first-order valence-corrected chi connectivity index (χ1v) is 30.2. The minimum Gasteiger partial charge on any atom is -0.455 e. The predicted molar refractivity (Wildman–Crippen MR) is 356 cm³/mol. The summed E-state index contributed by atoms with van der Waals surface area (Å²) in [6.07, 6.45) is 0. The molecule has 0 amide bonds. The Kier molecular flexibility index (Phi) is 13.0. The van der Waals surface area contributed by atoms with Crippen molar-refractivity contribution >= 4 is 73.1 Å². The lowest BCUT2D eigenvalue weighted by Crippen LogP contribution is -2.31. The molecule has 9 aromatic carbocycles. The average Bonchev–Trinajstić information content (AvgIpc) is 1.19. The molecular weight excluding hydrogens is 1010 g/mol. The van der Waals surface area contributed by atoms with Gasteiger partial charge in [-0.05, 0) is 138 Å². The molecule has 10 aromatic rings. The van der Waals surface area contributed by atoms with Gasteiger partial charge in [-0.3, -0.25) is 0 Å². The van der Waals surface area contributed by atoms with E-state index < -0.39 is 0 Å². The van der Waals surface area contributed by atoms with Gasteiger partial charge in [0, 0.05) is 56.0 Å². The highest BCUT2D eigenvalue weighted by molar-refractivity contribution is 6.12. The number of anilines is 9. The largest absolute Gasteiger partial charge is 0.455 e. The highest BCUT2D eigenvalue weighted by Crippen LogP contribution is 2.63. The number of benzene rings is 9. The number of rotatable bonds is 6. The first-order valence-electron chi connectivity index (χ1n) is 30.2. The van der Waals surface area contributed by atoms with Crippen LogP contribution in [0.15, 0.2) is 186 Å². The third kappa shape index (κ3) is 9.74. The smallest absolute Gasteiger partial charge is 0.143 e. The van der Waals surface area contributed by atoms with E-state index in [9.17, 15) is 0 Å². The van der Waals surface area contributed by atoms with Crippen molar-refractivity contribution in [2.75, 3.05) is 14.7 Å². The molecule has 2 aliphatic rings. The highest BCUT2D eigenvalue weighted by atomic mass is 16.3. The van der Waals surface area contributed by atoms with Gasteiger partial charge in [0.25, 0.3) is 0 Å². The van der Waals surface area contributed by atoms with Crippen molar-refractivity contribution in [3.8, 4) is 11.1 Å². The summed E-state index contributed by atoms with van der Waals surface area (Å²) in [5, 5.41) is 2.26. The van der Waals surface area contributed by atoms with Gasteiger partial charge >= 0.3 is 0 Å². The number of hydrogen-bond acceptors (Lipinski definition) is 4.